The first-order chi connectivity index (χ1) is 13.3. The molecule has 2 N–H and O–H groups in total. The molecule has 0 aromatic carbocycles. The number of rotatable bonds is 6. The highest BCUT2D eigenvalue weighted by atomic mass is 32.1. The van der Waals surface area contributed by atoms with Crippen molar-refractivity contribution < 1.29 is 9.59 Å². The summed E-state index contributed by atoms with van der Waals surface area (Å²) < 4.78 is 1.68. The van der Waals surface area contributed by atoms with Gasteiger partial charge in [-0.25, -0.2) is 4.98 Å². The normalized spacial score (nSPS) is 13.3. The van der Waals surface area contributed by atoms with Gasteiger partial charge in [0.05, 0.1) is 27.2 Å². The fourth-order valence-corrected chi connectivity index (χ4v) is 3.67. The van der Waals surface area contributed by atoms with E-state index in [-0.39, 0.29) is 17.9 Å². The van der Waals surface area contributed by atoms with Crippen molar-refractivity contribution >= 4 is 34.2 Å². The molecule has 8 heteroatoms. The number of aryl methyl sites for hydroxylation is 2. The zero-order valence-corrected chi connectivity index (χ0v) is 17.6. The molecule has 0 saturated carbocycles. The number of hydrogen-bond donors (Lipinski definition) is 2. The molecule has 28 heavy (non-hydrogen) atoms. The fourth-order valence-electron chi connectivity index (χ4n) is 2.98. The minimum atomic E-state index is -0.646. The van der Waals surface area contributed by atoms with Gasteiger partial charge in [0, 0.05) is 13.1 Å². The average Bonchev–Trinajstić information content (AvgIpc) is 3.29. The Labute approximate surface area is 168 Å². The number of nitrogens with one attached hydrogen (secondary N) is 2. The smallest absolute Gasteiger partial charge is 0.252 e. The summed E-state index contributed by atoms with van der Waals surface area (Å²) >= 11 is 1.56. The molecule has 7 nitrogen and oxygen atoms in total. The predicted octanol–water partition coefficient (Wildman–Crippen LogP) is 3.04. The van der Waals surface area contributed by atoms with Gasteiger partial charge in [-0.2, -0.15) is 5.10 Å². The van der Waals surface area contributed by atoms with Crippen LogP contribution in [0.5, 0.6) is 0 Å². The molecule has 148 valence electrons. The quantitative estimate of drug-likeness (QED) is 0.667. The second-order valence-corrected chi connectivity index (χ2v) is 7.90. The van der Waals surface area contributed by atoms with E-state index in [4.69, 9.17) is 4.98 Å². The van der Waals surface area contributed by atoms with Gasteiger partial charge in [-0.3, -0.25) is 14.3 Å². The van der Waals surface area contributed by atoms with Gasteiger partial charge in [-0.1, -0.05) is 13.0 Å². The van der Waals surface area contributed by atoms with Crippen molar-refractivity contribution in [3.63, 3.8) is 0 Å². The number of carbonyl (C=O) groups is 2. The average molecular weight is 400 g/mol. The largest absolute Gasteiger partial charge is 0.352 e. The number of nitrogens with zero attached hydrogens (tertiary/aromatic N) is 3. The highest BCUT2D eigenvalue weighted by molar-refractivity contribution is 7.13. The van der Waals surface area contributed by atoms with Crippen molar-refractivity contribution in [2.75, 3.05) is 0 Å². The van der Waals surface area contributed by atoms with Gasteiger partial charge in [0.15, 0.2) is 5.65 Å². The van der Waals surface area contributed by atoms with Gasteiger partial charge in [0.1, 0.15) is 6.04 Å². The molecule has 3 heterocycles. The van der Waals surface area contributed by atoms with Crippen LogP contribution in [0.2, 0.25) is 0 Å². The molecule has 0 aliphatic carbocycles. The Bertz CT molecular complexity index is 1010. The summed E-state index contributed by atoms with van der Waals surface area (Å²) in [6.07, 6.45) is 0.830. The lowest BCUT2D eigenvalue weighted by atomic mass is 10.1. The summed E-state index contributed by atoms with van der Waals surface area (Å²) in [5.74, 6) is -0.512. The Morgan fingerprint density at radius 1 is 1.29 bits per heavy atom. The first-order valence-corrected chi connectivity index (χ1v) is 10.2. The fraction of sp³-hybridized carbons (Fsp3) is 0.400. The van der Waals surface area contributed by atoms with Crippen molar-refractivity contribution in [1.82, 2.24) is 25.4 Å². The topological polar surface area (TPSA) is 88.9 Å². The lowest BCUT2D eigenvalue weighted by Crippen LogP contribution is -2.47. The summed E-state index contributed by atoms with van der Waals surface area (Å²) in [7, 11) is 1.81. The van der Waals surface area contributed by atoms with Crippen molar-refractivity contribution in [2.24, 2.45) is 7.05 Å². The monoisotopic (exact) mass is 399 g/mol. The molecule has 0 radical (unpaired) electrons. The number of fused-ring (bicyclic) bond motifs is 1. The molecule has 0 aliphatic rings. The van der Waals surface area contributed by atoms with Crippen LogP contribution in [-0.2, 0) is 11.8 Å². The van der Waals surface area contributed by atoms with Gasteiger partial charge in [-0.05, 0) is 44.7 Å². The third-order valence-corrected chi connectivity index (χ3v) is 5.62. The van der Waals surface area contributed by atoms with Crippen LogP contribution in [0.3, 0.4) is 0 Å². The summed E-state index contributed by atoms with van der Waals surface area (Å²) in [5, 5.41) is 12.8. The molecule has 0 saturated heterocycles. The predicted molar refractivity (Wildman–Crippen MR) is 111 cm³/mol. The van der Waals surface area contributed by atoms with Crippen LogP contribution in [0, 0.1) is 6.92 Å². The van der Waals surface area contributed by atoms with Gasteiger partial charge in [0.2, 0.25) is 5.91 Å². The first kappa shape index (κ1) is 20.0. The van der Waals surface area contributed by atoms with E-state index >= 15 is 0 Å². The molecular weight excluding hydrogens is 374 g/mol. The molecular formula is C20H25N5O2S. The second kappa shape index (κ2) is 8.10. The van der Waals surface area contributed by atoms with E-state index in [9.17, 15) is 9.59 Å². The van der Waals surface area contributed by atoms with Crippen LogP contribution in [-0.4, -0.2) is 38.7 Å². The van der Waals surface area contributed by atoms with Crippen molar-refractivity contribution in [3.05, 3.63) is 34.8 Å². The number of pyridine rings is 1. The first-order valence-electron chi connectivity index (χ1n) is 9.31. The lowest BCUT2D eigenvalue weighted by molar-refractivity contribution is -0.123. The molecule has 2 amide bonds. The van der Waals surface area contributed by atoms with Gasteiger partial charge < -0.3 is 10.6 Å². The SMILES string of the molecule is CCC(C)NC(=O)C(C)NC(=O)c1cc(-c2cccs2)nc2c1c(C)nn2C. The molecule has 0 spiro atoms. The van der Waals surface area contributed by atoms with Crippen LogP contribution in [0.1, 0.15) is 43.2 Å². The minimum Gasteiger partial charge on any atom is -0.352 e. The van der Waals surface area contributed by atoms with Crippen molar-refractivity contribution in [2.45, 2.75) is 46.2 Å². The van der Waals surface area contributed by atoms with E-state index in [0.717, 1.165) is 17.0 Å². The Morgan fingerprint density at radius 3 is 2.68 bits per heavy atom. The number of thiophene rings is 1. The zero-order chi connectivity index (χ0) is 20.4. The molecule has 0 fully saturated rings. The van der Waals surface area contributed by atoms with Gasteiger partial charge >= 0.3 is 0 Å². The van der Waals surface area contributed by atoms with Crippen LogP contribution < -0.4 is 10.6 Å². The van der Waals surface area contributed by atoms with E-state index in [2.05, 4.69) is 15.7 Å². The third kappa shape index (κ3) is 3.91. The molecule has 3 aromatic rings. The summed E-state index contributed by atoms with van der Waals surface area (Å²) in [6, 6.07) is 5.10. The van der Waals surface area contributed by atoms with E-state index < -0.39 is 6.04 Å². The minimum absolute atomic E-state index is 0.0606. The van der Waals surface area contributed by atoms with Crippen molar-refractivity contribution in [1.29, 1.82) is 0 Å². The Balaban J connectivity index is 1.97. The summed E-state index contributed by atoms with van der Waals surface area (Å²) in [4.78, 5) is 31.0. The zero-order valence-electron chi connectivity index (χ0n) is 16.7. The summed E-state index contributed by atoms with van der Waals surface area (Å²) in [6.45, 7) is 7.47. The maximum Gasteiger partial charge on any atom is 0.252 e. The van der Waals surface area contributed by atoms with Crippen LogP contribution in [0.4, 0.5) is 0 Å². The molecule has 2 atom stereocenters. The highest BCUT2D eigenvalue weighted by Crippen LogP contribution is 2.29. The van der Waals surface area contributed by atoms with Gasteiger partial charge in [0.25, 0.3) is 5.91 Å². The summed E-state index contributed by atoms with van der Waals surface area (Å²) in [5.41, 5.74) is 2.56. The Kier molecular flexibility index (Phi) is 5.79. The standard InChI is InChI=1S/C20H25N5O2S/c1-6-11(2)21-19(26)13(4)22-20(27)14-10-15(16-8-7-9-28-16)23-18-17(14)12(3)24-25(18)5/h7-11,13H,6H2,1-5H3,(H,21,26)(H,22,27). The molecule has 2 unspecified atom stereocenters. The molecule has 0 bridgehead atoms. The molecule has 3 aromatic heterocycles. The van der Waals surface area contributed by atoms with Gasteiger partial charge in [-0.15, -0.1) is 11.3 Å². The number of hydrogen-bond acceptors (Lipinski definition) is 5. The lowest BCUT2D eigenvalue weighted by Gasteiger charge is -2.18. The van der Waals surface area contributed by atoms with Crippen LogP contribution >= 0.6 is 11.3 Å². The Morgan fingerprint density at radius 2 is 2.04 bits per heavy atom. The molecule has 3 rings (SSSR count). The van der Waals surface area contributed by atoms with E-state index in [0.29, 0.717) is 22.3 Å². The van der Waals surface area contributed by atoms with E-state index in [1.165, 1.54) is 0 Å². The van der Waals surface area contributed by atoms with E-state index in [1.54, 1.807) is 29.0 Å². The number of aromatic nitrogens is 3. The maximum absolute atomic E-state index is 13.1. The third-order valence-electron chi connectivity index (χ3n) is 4.73. The molecule has 0 aliphatic heterocycles. The number of amides is 2. The maximum atomic E-state index is 13.1. The second-order valence-electron chi connectivity index (χ2n) is 6.95. The Hall–Kier alpha value is -2.74. The number of carbonyl (C=O) groups excluding carboxylic acids is 2. The van der Waals surface area contributed by atoms with Crippen LogP contribution in [0.25, 0.3) is 21.6 Å². The van der Waals surface area contributed by atoms with E-state index in [1.807, 2.05) is 45.3 Å². The van der Waals surface area contributed by atoms with Crippen LogP contribution in [0.15, 0.2) is 23.6 Å². The van der Waals surface area contributed by atoms with Crippen molar-refractivity contribution in [3.8, 4) is 10.6 Å². The highest BCUT2D eigenvalue weighted by Gasteiger charge is 2.23.